The molecule has 0 atom stereocenters. The monoisotopic (exact) mass is 279 g/mol. The highest BCUT2D eigenvalue weighted by atomic mass is 79.9. The van der Waals surface area contributed by atoms with Crippen LogP contribution < -0.4 is 4.74 Å². The van der Waals surface area contributed by atoms with Crippen molar-refractivity contribution in [3.63, 3.8) is 0 Å². The first-order valence-corrected chi connectivity index (χ1v) is 5.57. The van der Waals surface area contributed by atoms with Crippen LogP contribution in [0.5, 0.6) is 11.6 Å². The summed E-state index contributed by atoms with van der Waals surface area (Å²) in [5.74, 6) is 1.18. The van der Waals surface area contributed by atoms with E-state index in [0.29, 0.717) is 17.3 Å². The van der Waals surface area contributed by atoms with E-state index in [-0.39, 0.29) is 6.61 Å². The Morgan fingerprint density at radius 1 is 1.19 bits per heavy atom. The van der Waals surface area contributed by atoms with Gasteiger partial charge in [0.15, 0.2) is 0 Å². The third kappa shape index (κ3) is 2.81. The van der Waals surface area contributed by atoms with Gasteiger partial charge in [-0.25, -0.2) is 4.98 Å². The topological polar surface area (TPSA) is 42.4 Å². The molecular weight excluding hydrogens is 270 g/mol. The van der Waals surface area contributed by atoms with Crippen LogP contribution in [0.15, 0.2) is 46.9 Å². The molecule has 0 bridgehead atoms. The van der Waals surface area contributed by atoms with E-state index in [1.165, 1.54) is 0 Å². The van der Waals surface area contributed by atoms with Gasteiger partial charge in [0, 0.05) is 10.5 Å². The van der Waals surface area contributed by atoms with Crippen LogP contribution >= 0.6 is 15.9 Å². The second kappa shape index (κ2) is 5.09. The molecule has 0 saturated carbocycles. The number of ether oxygens (including phenoxy) is 1. The molecule has 0 saturated heterocycles. The van der Waals surface area contributed by atoms with Crippen molar-refractivity contribution in [2.75, 3.05) is 0 Å². The molecule has 0 unspecified atom stereocenters. The molecule has 2 aromatic rings. The van der Waals surface area contributed by atoms with Crippen molar-refractivity contribution in [3.05, 3.63) is 52.6 Å². The van der Waals surface area contributed by atoms with Crippen LogP contribution in [-0.2, 0) is 6.61 Å². The number of aliphatic hydroxyl groups is 1. The van der Waals surface area contributed by atoms with Gasteiger partial charge in [0.1, 0.15) is 5.75 Å². The van der Waals surface area contributed by atoms with E-state index >= 15 is 0 Å². The van der Waals surface area contributed by atoms with Crippen molar-refractivity contribution >= 4 is 15.9 Å². The molecule has 2 rings (SSSR count). The van der Waals surface area contributed by atoms with Gasteiger partial charge in [-0.2, -0.15) is 0 Å². The van der Waals surface area contributed by atoms with E-state index in [2.05, 4.69) is 20.9 Å². The number of benzene rings is 1. The Hall–Kier alpha value is -1.39. The lowest BCUT2D eigenvalue weighted by molar-refractivity contribution is 0.275. The molecule has 1 N–H and O–H groups in total. The summed E-state index contributed by atoms with van der Waals surface area (Å²) in [5.41, 5.74) is 0.590. The number of rotatable bonds is 3. The molecule has 1 heterocycles. The zero-order chi connectivity index (χ0) is 11.4. The van der Waals surface area contributed by atoms with Crippen LogP contribution in [-0.4, -0.2) is 10.1 Å². The molecule has 0 aliphatic rings. The summed E-state index contributed by atoms with van der Waals surface area (Å²) in [6, 6.07) is 12.8. The second-order valence-electron chi connectivity index (χ2n) is 3.18. The van der Waals surface area contributed by atoms with Gasteiger partial charge < -0.3 is 9.84 Å². The number of aromatic nitrogens is 1. The fourth-order valence-corrected chi connectivity index (χ4v) is 1.63. The average molecular weight is 280 g/mol. The Morgan fingerprint density at radius 3 is 2.75 bits per heavy atom. The Labute approximate surface area is 102 Å². The number of hydrogen-bond donors (Lipinski definition) is 1. The Morgan fingerprint density at radius 2 is 2.00 bits per heavy atom. The molecule has 0 spiro atoms. The lowest BCUT2D eigenvalue weighted by atomic mass is 10.3. The summed E-state index contributed by atoms with van der Waals surface area (Å²) in [6.45, 7) is -0.0876. The first-order chi connectivity index (χ1) is 7.78. The molecule has 0 amide bonds. The molecule has 1 aromatic heterocycles. The minimum absolute atomic E-state index is 0.0876. The maximum absolute atomic E-state index is 8.95. The Kier molecular flexibility index (Phi) is 3.54. The van der Waals surface area contributed by atoms with E-state index in [1.807, 2.05) is 24.3 Å². The number of aliphatic hydroxyl groups excluding tert-OH is 1. The average Bonchev–Trinajstić information content (AvgIpc) is 2.29. The van der Waals surface area contributed by atoms with Crippen molar-refractivity contribution in [1.29, 1.82) is 0 Å². The predicted molar refractivity (Wildman–Crippen MR) is 64.4 cm³/mol. The molecular formula is C12H10BrNO2. The van der Waals surface area contributed by atoms with Crippen LogP contribution in [0, 0.1) is 0 Å². The molecule has 82 valence electrons. The van der Waals surface area contributed by atoms with Crippen molar-refractivity contribution < 1.29 is 9.84 Å². The van der Waals surface area contributed by atoms with Crippen LogP contribution in [0.25, 0.3) is 0 Å². The maximum Gasteiger partial charge on any atom is 0.219 e. The first kappa shape index (κ1) is 11.1. The molecule has 0 aliphatic carbocycles. The second-order valence-corrected chi connectivity index (χ2v) is 4.10. The van der Waals surface area contributed by atoms with Gasteiger partial charge in [-0.05, 0) is 24.3 Å². The molecule has 0 fully saturated rings. The summed E-state index contributed by atoms with van der Waals surface area (Å²) in [7, 11) is 0. The fourth-order valence-electron chi connectivity index (χ4n) is 1.25. The zero-order valence-electron chi connectivity index (χ0n) is 8.43. The van der Waals surface area contributed by atoms with Gasteiger partial charge in [0.05, 0.1) is 12.3 Å². The SMILES string of the molecule is OCc1cccc(Oc2cccc(Br)c2)n1. The highest BCUT2D eigenvalue weighted by molar-refractivity contribution is 9.10. The minimum atomic E-state index is -0.0876. The van der Waals surface area contributed by atoms with E-state index in [9.17, 15) is 0 Å². The Bertz CT molecular complexity index is 488. The minimum Gasteiger partial charge on any atom is -0.439 e. The summed E-state index contributed by atoms with van der Waals surface area (Å²) in [5, 5.41) is 8.95. The molecule has 0 radical (unpaired) electrons. The van der Waals surface area contributed by atoms with Crippen molar-refractivity contribution in [1.82, 2.24) is 4.98 Å². The fraction of sp³-hybridized carbons (Fsp3) is 0.0833. The summed E-state index contributed by atoms with van der Waals surface area (Å²) in [6.07, 6.45) is 0. The van der Waals surface area contributed by atoms with Gasteiger partial charge in [0.2, 0.25) is 5.88 Å². The van der Waals surface area contributed by atoms with Crippen molar-refractivity contribution in [2.45, 2.75) is 6.61 Å². The van der Waals surface area contributed by atoms with E-state index in [4.69, 9.17) is 9.84 Å². The van der Waals surface area contributed by atoms with Gasteiger partial charge in [0.25, 0.3) is 0 Å². The van der Waals surface area contributed by atoms with Gasteiger partial charge >= 0.3 is 0 Å². The molecule has 0 aliphatic heterocycles. The van der Waals surface area contributed by atoms with Crippen LogP contribution in [0.3, 0.4) is 0 Å². The molecule has 16 heavy (non-hydrogen) atoms. The van der Waals surface area contributed by atoms with Crippen molar-refractivity contribution in [3.8, 4) is 11.6 Å². The van der Waals surface area contributed by atoms with Gasteiger partial charge in [-0.1, -0.05) is 28.1 Å². The summed E-state index contributed by atoms with van der Waals surface area (Å²) in [4.78, 5) is 4.13. The molecule has 3 nitrogen and oxygen atoms in total. The van der Waals surface area contributed by atoms with Crippen molar-refractivity contribution in [2.24, 2.45) is 0 Å². The molecule has 1 aromatic carbocycles. The number of hydrogen-bond acceptors (Lipinski definition) is 3. The maximum atomic E-state index is 8.95. The number of pyridine rings is 1. The lowest BCUT2D eigenvalue weighted by Gasteiger charge is -2.05. The normalized spacial score (nSPS) is 10.1. The number of halogens is 1. The summed E-state index contributed by atoms with van der Waals surface area (Å²) >= 11 is 3.36. The van der Waals surface area contributed by atoms with Crippen LogP contribution in [0.4, 0.5) is 0 Å². The predicted octanol–water partition coefficient (Wildman–Crippen LogP) is 3.13. The smallest absolute Gasteiger partial charge is 0.219 e. The van der Waals surface area contributed by atoms with Crippen LogP contribution in [0.1, 0.15) is 5.69 Å². The quantitative estimate of drug-likeness (QED) is 0.939. The van der Waals surface area contributed by atoms with E-state index in [1.54, 1.807) is 18.2 Å². The van der Waals surface area contributed by atoms with E-state index < -0.39 is 0 Å². The summed E-state index contributed by atoms with van der Waals surface area (Å²) < 4.78 is 6.50. The highest BCUT2D eigenvalue weighted by Gasteiger charge is 2.00. The highest BCUT2D eigenvalue weighted by Crippen LogP contribution is 2.22. The molecule has 4 heteroatoms. The zero-order valence-corrected chi connectivity index (χ0v) is 10.0. The van der Waals surface area contributed by atoms with Gasteiger partial charge in [-0.3, -0.25) is 0 Å². The third-order valence-electron chi connectivity index (χ3n) is 1.96. The van der Waals surface area contributed by atoms with Crippen LogP contribution in [0.2, 0.25) is 0 Å². The third-order valence-corrected chi connectivity index (χ3v) is 2.45. The Balaban J connectivity index is 2.20. The standard InChI is InChI=1S/C12H10BrNO2/c13-9-3-1-5-11(7-9)16-12-6-2-4-10(8-15)14-12/h1-7,15H,8H2. The van der Waals surface area contributed by atoms with E-state index in [0.717, 1.165) is 4.47 Å². The number of nitrogens with zero attached hydrogens (tertiary/aromatic N) is 1. The van der Waals surface area contributed by atoms with Gasteiger partial charge in [-0.15, -0.1) is 0 Å². The first-order valence-electron chi connectivity index (χ1n) is 4.78. The lowest BCUT2D eigenvalue weighted by Crippen LogP contribution is -1.92. The largest absolute Gasteiger partial charge is 0.439 e.